The van der Waals surface area contributed by atoms with Crippen LogP contribution in [0.2, 0.25) is 0 Å². The van der Waals surface area contributed by atoms with Gasteiger partial charge in [0.1, 0.15) is 16.5 Å². The van der Waals surface area contributed by atoms with Crippen LogP contribution >= 0.6 is 0 Å². The SMILES string of the molecule is COc1cc(C)c(C)cc1S(=O)(=O)N1CCC(c2nc3ccc(C)cc3[nH]2)CC1. The van der Waals surface area contributed by atoms with Gasteiger partial charge in [-0.1, -0.05) is 6.07 Å². The Bertz CT molecular complexity index is 1160. The monoisotopic (exact) mass is 413 g/mol. The lowest BCUT2D eigenvalue weighted by Crippen LogP contribution is -2.38. The molecule has 1 saturated heterocycles. The molecule has 1 N–H and O–H groups in total. The first-order valence-electron chi connectivity index (χ1n) is 9.91. The van der Waals surface area contributed by atoms with E-state index in [-0.39, 0.29) is 10.8 Å². The highest BCUT2D eigenvalue weighted by Crippen LogP contribution is 2.34. The van der Waals surface area contributed by atoms with E-state index in [1.165, 1.54) is 12.7 Å². The zero-order valence-electron chi connectivity index (χ0n) is 17.3. The predicted octanol–water partition coefficient (Wildman–Crippen LogP) is 4.07. The van der Waals surface area contributed by atoms with Crippen LogP contribution in [-0.2, 0) is 10.0 Å². The van der Waals surface area contributed by atoms with E-state index in [2.05, 4.69) is 24.0 Å². The molecule has 2 heterocycles. The van der Waals surface area contributed by atoms with Gasteiger partial charge in [0, 0.05) is 19.0 Å². The molecular weight excluding hydrogens is 386 g/mol. The minimum absolute atomic E-state index is 0.232. The van der Waals surface area contributed by atoms with Gasteiger partial charge in [0.2, 0.25) is 10.0 Å². The van der Waals surface area contributed by atoms with Gasteiger partial charge in [-0.3, -0.25) is 0 Å². The average Bonchev–Trinajstić information content (AvgIpc) is 3.13. The van der Waals surface area contributed by atoms with Crippen molar-refractivity contribution in [1.82, 2.24) is 14.3 Å². The molecule has 1 aliphatic rings. The second-order valence-corrected chi connectivity index (χ2v) is 9.81. The number of hydrogen-bond acceptors (Lipinski definition) is 4. The first kappa shape index (κ1) is 19.9. The van der Waals surface area contributed by atoms with Crippen molar-refractivity contribution in [2.24, 2.45) is 0 Å². The Hall–Kier alpha value is -2.38. The van der Waals surface area contributed by atoms with Crippen molar-refractivity contribution in [2.75, 3.05) is 20.2 Å². The number of methoxy groups -OCH3 is 1. The van der Waals surface area contributed by atoms with Gasteiger partial charge < -0.3 is 9.72 Å². The number of nitrogens with one attached hydrogen (secondary N) is 1. The van der Waals surface area contributed by atoms with Gasteiger partial charge in [0.05, 0.1) is 18.1 Å². The van der Waals surface area contributed by atoms with Crippen molar-refractivity contribution in [3.8, 4) is 5.75 Å². The Morgan fingerprint density at radius 3 is 2.45 bits per heavy atom. The van der Waals surface area contributed by atoms with E-state index in [0.717, 1.165) is 40.8 Å². The van der Waals surface area contributed by atoms with E-state index in [1.807, 2.05) is 19.9 Å². The van der Waals surface area contributed by atoms with E-state index in [0.29, 0.717) is 18.8 Å². The number of fused-ring (bicyclic) bond motifs is 1. The number of aryl methyl sites for hydroxylation is 3. The summed E-state index contributed by atoms with van der Waals surface area (Å²) in [5.41, 5.74) is 5.14. The lowest BCUT2D eigenvalue weighted by molar-refractivity contribution is 0.312. The van der Waals surface area contributed by atoms with Crippen LogP contribution in [0.15, 0.2) is 35.2 Å². The highest BCUT2D eigenvalue weighted by Gasteiger charge is 2.33. The average molecular weight is 414 g/mol. The summed E-state index contributed by atoms with van der Waals surface area (Å²) in [4.78, 5) is 8.40. The first-order valence-corrected chi connectivity index (χ1v) is 11.4. The maximum absolute atomic E-state index is 13.3. The van der Waals surface area contributed by atoms with Gasteiger partial charge in [0.15, 0.2) is 0 Å². The fourth-order valence-electron chi connectivity index (χ4n) is 3.97. The fraction of sp³-hybridized carbons (Fsp3) is 0.409. The van der Waals surface area contributed by atoms with Crippen LogP contribution in [0.5, 0.6) is 5.75 Å². The summed E-state index contributed by atoms with van der Waals surface area (Å²) < 4.78 is 33.5. The summed E-state index contributed by atoms with van der Waals surface area (Å²) in [5, 5.41) is 0. The summed E-state index contributed by atoms with van der Waals surface area (Å²) in [6, 6.07) is 9.69. The van der Waals surface area contributed by atoms with Gasteiger partial charge in [-0.05, 0) is 74.6 Å². The third-order valence-electron chi connectivity index (χ3n) is 5.89. The van der Waals surface area contributed by atoms with Gasteiger partial charge >= 0.3 is 0 Å². The molecule has 0 atom stereocenters. The minimum atomic E-state index is -3.60. The topological polar surface area (TPSA) is 75.3 Å². The highest BCUT2D eigenvalue weighted by atomic mass is 32.2. The third-order valence-corrected chi connectivity index (χ3v) is 7.81. The second kappa shape index (κ2) is 7.46. The van der Waals surface area contributed by atoms with Crippen molar-refractivity contribution in [3.63, 3.8) is 0 Å². The number of imidazole rings is 1. The van der Waals surface area contributed by atoms with Crippen LogP contribution in [0.3, 0.4) is 0 Å². The number of aromatic nitrogens is 2. The standard InChI is InChI=1S/C22H27N3O3S/c1-14-5-6-18-19(11-14)24-22(23-18)17-7-9-25(10-8-17)29(26,27)21-13-16(3)15(2)12-20(21)28-4/h5-6,11-13,17H,7-10H2,1-4H3,(H,23,24). The molecule has 6 nitrogen and oxygen atoms in total. The summed E-state index contributed by atoms with van der Waals surface area (Å²) in [6.45, 7) is 6.88. The van der Waals surface area contributed by atoms with Gasteiger partial charge in [-0.15, -0.1) is 0 Å². The number of piperidine rings is 1. The molecule has 0 aliphatic carbocycles. The molecule has 2 aromatic carbocycles. The van der Waals surface area contributed by atoms with Crippen molar-refractivity contribution < 1.29 is 13.2 Å². The van der Waals surface area contributed by atoms with Crippen LogP contribution in [0.1, 0.15) is 41.3 Å². The molecule has 0 radical (unpaired) electrons. The van der Waals surface area contributed by atoms with E-state index in [4.69, 9.17) is 9.72 Å². The largest absolute Gasteiger partial charge is 0.495 e. The van der Waals surface area contributed by atoms with E-state index in [9.17, 15) is 8.42 Å². The molecule has 0 spiro atoms. The fourth-order valence-corrected chi connectivity index (χ4v) is 5.66. The molecule has 0 bridgehead atoms. The van der Waals surface area contributed by atoms with Gasteiger partial charge in [0.25, 0.3) is 0 Å². The molecule has 1 aliphatic heterocycles. The number of hydrogen-bond donors (Lipinski definition) is 1. The van der Waals surface area contributed by atoms with Crippen LogP contribution < -0.4 is 4.74 Å². The Morgan fingerprint density at radius 1 is 1.07 bits per heavy atom. The molecule has 1 aromatic heterocycles. The number of rotatable bonds is 4. The van der Waals surface area contributed by atoms with Crippen LogP contribution in [-0.4, -0.2) is 42.9 Å². The Labute approximate surface area is 172 Å². The Morgan fingerprint density at radius 2 is 1.76 bits per heavy atom. The van der Waals surface area contributed by atoms with Crippen LogP contribution in [0.4, 0.5) is 0 Å². The highest BCUT2D eigenvalue weighted by molar-refractivity contribution is 7.89. The molecular formula is C22H27N3O3S. The normalized spacial score (nSPS) is 16.4. The van der Waals surface area contributed by atoms with Crippen LogP contribution in [0, 0.1) is 20.8 Å². The molecule has 0 saturated carbocycles. The smallest absolute Gasteiger partial charge is 0.246 e. The van der Waals surface area contributed by atoms with Crippen molar-refractivity contribution in [3.05, 3.63) is 52.8 Å². The number of nitrogens with zero attached hydrogens (tertiary/aromatic N) is 2. The van der Waals surface area contributed by atoms with Gasteiger partial charge in [-0.25, -0.2) is 13.4 Å². The number of benzene rings is 2. The summed E-state index contributed by atoms with van der Waals surface area (Å²) in [6.07, 6.45) is 1.48. The lowest BCUT2D eigenvalue weighted by atomic mass is 9.97. The van der Waals surface area contributed by atoms with Crippen molar-refractivity contribution in [2.45, 2.75) is 44.4 Å². The zero-order chi connectivity index (χ0) is 20.8. The molecule has 1 fully saturated rings. The molecule has 4 rings (SSSR count). The maximum Gasteiger partial charge on any atom is 0.246 e. The first-order chi connectivity index (χ1) is 13.8. The van der Waals surface area contributed by atoms with Crippen molar-refractivity contribution in [1.29, 1.82) is 0 Å². The molecule has 154 valence electrons. The van der Waals surface area contributed by atoms with Gasteiger partial charge in [-0.2, -0.15) is 4.31 Å². The molecule has 3 aromatic rings. The van der Waals surface area contributed by atoms with E-state index >= 15 is 0 Å². The molecule has 29 heavy (non-hydrogen) atoms. The molecule has 0 unspecified atom stereocenters. The predicted molar refractivity (Wildman–Crippen MR) is 114 cm³/mol. The summed E-state index contributed by atoms with van der Waals surface area (Å²) in [7, 11) is -2.09. The molecule has 7 heteroatoms. The Balaban J connectivity index is 1.55. The van der Waals surface area contributed by atoms with Crippen molar-refractivity contribution >= 4 is 21.1 Å². The zero-order valence-corrected chi connectivity index (χ0v) is 18.1. The number of H-pyrrole nitrogens is 1. The Kier molecular flexibility index (Phi) is 5.12. The lowest BCUT2D eigenvalue weighted by Gasteiger charge is -2.30. The number of ether oxygens (including phenoxy) is 1. The summed E-state index contributed by atoms with van der Waals surface area (Å²) >= 11 is 0. The second-order valence-electron chi connectivity index (χ2n) is 7.91. The molecule has 0 amide bonds. The van der Waals surface area contributed by atoms with Crippen LogP contribution in [0.25, 0.3) is 11.0 Å². The quantitative estimate of drug-likeness (QED) is 0.700. The third kappa shape index (κ3) is 3.65. The number of sulfonamides is 1. The summed E-state index contributed by atoms with van der Waals surface area (Å²) in [5.74, 6) is 1.59. The van der Waals surface area contributed by atoms with E-state index in [1.54, 1.807) is 16.4 Å². The number of aromatic amines is 1. The minimum Gasteiger partial charge on any atom is -0.495 e. The van der Waals surface area contributed by atoms with E-state index < -0.39 is 10.0 Å². The maximum atomic E-state index is 13.3.